The summed E-state index contributed by atoms with van der Waals surface area (Å²) in [6.07, 6.45) is 0. The van der Waals surface area contributed by atoms with Crippen molar-refractivity contribution in [3.63, 3.8) is 0 Å². The monoisotopic (exact) mass is 371 g/mol. The van der Waals surface area contributed by atoms with E-state index in [-0.39, 0.29) is 12.5 Å². The summed E-state index contributed by atoms with van der Waals surface area (Å²) in [5.41, 5.74) is 1.88. The van der Waals surface area contributed by atoms with Gasteiger partial charge in [-0.1, -0.05) is 36.4 Å². The zero-order valence-corrected chi connectivity index (χ0v) is 15.8. The number of amides is 3. The Hall–Kier alpha value is -3.06. The maximum atomic E-state index is 12.1. The van der Waals surface area contributed by atoms with Crippen LogP contribution in [0, 0.1) is 0 Å². The molecule has 0 aliphatic rings. The molecule has 7 nitrogen and oxygen atoms in total. The number of likely N-dealkylation sites (N-methyl/N-ethyl adjacent to an activating group) is 1. The third-order valence-electron chi connectivity index (χ3n) is 3.90. The maximum absolute atomic E-state index is 12.1. The zero-order chi connectivity index (χ0) is 19.6. The molecule has 2 aromatic rings. The number of nitrogens with zero attached hydrogens (tertiary/aromatic N) is 1. The van der Waals surface area contributed by atoms with E-state index in [1.54, 1.807) is 32.2 Å². The Bertz CT molecular complexity index is 765. The van der Waals surface area contributed by atoms with Gasteiger partial charge in [-0.05, 0) is 18.7 Å². The second-order valence-corrected chi connectivity index (χ2v) is 6.07. The number of carbonyl (C=O) groups is 2. The number of hydrogen-bond acceptors (Lipinski definition) is 5. The van der Waals surface area contributed by atoms with Gasteiger partial charge in [-0.25, -0.2) is 4.79 Å². The average molecular weight is 371 g/mol. The zero-order valence-electron chi connectivity index (χ0n) is 15.8. The lowest BCUT2D eigenvalue weighted by molar-refractivity contribution is -0.121. The summed E-state index contributed by atoms with van der Waals surface area (Å²) in [6.45, 7) is 0.930. The van der Waals surface area contributed by atoms with E-state index < -0.39 is 6.03 Å². The van der Waals surface area contributed by atoms with Crippen molar-refractivity contribution in [2.24, 2.45) is 0 Å². The molecule has 7 heteroatoms. The first kappa shape index (κ1) is 20.3. The molecule has 0 saturated carbocycles. The van der Waals surface area contributed by atoms with Gasteiger partial charge in [0.25, 0.3) is 0 Å². The Labute approximate surface area is 159 Å². The fraction of sp³-hybridized carbons (Fsp3) is 0.300. The first-order valence-corrected chi connectivity index (χ1v) is 8.53. The average Bonchev–Trinajstić information content (AvgIpc) is 2.67. The minimum atomic E-state index is -0.515. The van der Waals surface area contributed by atoms with Gasteiger partial charge in [0, 0.05) is 24.7 Å². The van der Waals surface area contributed by atoms with E-state index in [1.165, 1.54) is 0 Å². The van der Waals surface area contributed by atoms with Gasteiger partial charge < -0.3 is 14.8 Å². The molecule has 0 unspecified atom stereocenters. The van der Waals surface area contributed by atoms with Crippen LogP contribution in [0.5, 0.6) is 11.5 Å². The van der Waals surface area contributed by atoms with E-state index in [0.717, 1.165) is 11.1 Å². The fourth-order valence-corrected chi connectivity index (χ4v) is 2.56. The lowest BCUT2D eigenvalue weighted by Crippen LogP contribution is -2.43. The molecule has 0 aliphatic carbocycles. The molecule has 2 rings (SSSR count). The van der Waals surface area contributed by atoms with E-state index in [2.05, 4.69) is 10.6 Å². The Morgan fingerprint density at radius 3 is 2.44 bits per heavy atom. The van der Waals surface area contributed by atoms with Gasteiger partial charge in [0.15, 0.2) is 0 Å². The Morgan fingerprint density at radius 1 is 1.04 bits per heavy atom. The van der Waals surface area contributed by atoms with Crippen molar-refractivity contribution in [2.45, 2.75) is 13.1 Å². The van der Waals surface area contributed by atoms with Gasteiger partial charge in [0.1, 0.15) is 11.5 Å². The van der Waals surface area contributed by atoms with Crippen molar-refractivity contribution >= 4 is 11.9 Å². The van der Waals surface area contributed by atoms with Gasteiger partial charge in [0.2, 0.25) is 5.91 Å². The molecule has 0 bridgehead atoms. The summed E-state index contributed by atoms with van der Waals surface area (Å²) >= 11 is 0. The van der Waals surface area contributed by atoms with E-state index in [4.69, 9.17) is 9.47 Å². The number of nitrogens with one attached hydrogen (secondary N) is 2. The SMILES string of the molecule is COc1ccc(CN(C)CC(=O)NC(=O)NCc2ccccc2)c(OC)c1. The molecule has 0 aromatic heterocycles. The summed E-state index contributed by atoms with van der Waals surface area (Å²) in [5.74, 6) is 1.00. The minimum absolute atomic E-state index is 0.0773. The van der Waals surface area contributed by atoms with Crippen LogP contribution in [-0.2, 0) is 17.9 Å². The van der Waals surface area contributed by atoms with Gasteiger partial charge in [-0.15, -0.1) is 0 Å². The third-order valence-corrected chi connectivity index (χ3v) is 3.90. The van der Waals surface area contributed by atoms with E-state index in [1.807, 2.05) is 42.5 Å². The number of rotatable bonds is 8. The van der Waals surface area contributed by atoms with Crippen LogP contribution in [-0.4, -0.2) is 44.7 Å². The number of ether oxygens (including phenoxy) is 2. The Balaban J connectivity index is 1.80. The fourth-order valence-electron chi connectivity index (χ4n) is 2.56. The topological polar surface area (TPSA) is 79.9 Å². The molecule has 0 spiro atoms. The summed E-state index contributed by atoms with van der Waals surface area (Å²) < 4.78 is 10.5. The van der Waals surface area contributed by atoms with Crippen molar-refractivity contribution < 1.29 is 19.1 Å². The number of imide groups is 1. The number of hydrogen-bond donors (Lipinski definition) is 2. The molecule has 144 valence electrons. The first-order valence-electron chi connectivity index (χ1n) is 8.53. The molecular formula is C20H25N3O4. The molecule has 0 atom stereocenters. The molecule has 0 fully saturated rings. The van der Waals surface area contributed by atoms with Gasteiger partial charge in [-0.3, -0.25) is 15.0 Å². The van der Waals surface area contributed by atoms with Crippen LogP contribution >= 0.6 is 0 Å². The molecule has 0 heterocycles. The van der Waals surface area contributed by atoms with Crippen molar-refractivity contribution in [3.8, 4) is 11.5 Å². The Kier molecular flexibility index (Phi) is 7.63. The Morgan fingerprint density at radius 2 is 1.78 bits per heavy atom. The molecule has 2 N–H and O–H groups in total. The third kappa shape index (κ3) is 6.63. The van der Waals surface area contributed by atoms with Crippen LogP contribution in [0.15, 0.2) is 48.5 Å². The highest BCUT2D eigenvalue weighted by Gasteiger charge is 2.13. The lowest BCUT2D eigenvalue weighted by atomic mass is 10.2. The molecule has 0 aliphatic heterocycles. The normalized spacial score (nSPS) is 10.4. The summed E-state index contributed by atoms with van der Waals surface area (Å²) in [5, 5.41) is 4.99. The predicted molar refractivity (Wildman–Crippen MR) is 103 cm³/mol. The molecular weight excluding hydrogens is 346 g/mol. The summed E-state index contributed by atoms with van der Waals surface area (Å²) in [4.78, 5) is 25.7. The van der Waals surface area contributed by atoms with Gasteiger partial charge >= 0.3 is 6.03 Å². The van der Waals surface area contributed by atoms with Crippen LogP contribution in [0.2, 0.25) is 0 Å². The number of urea groups is 1. The standard InChI is InChI=1S/C20H25N3O4/c1-23(13-16-9-10-17(26-2)11-18(16)27-3)14-19(24)22-20(25)21-12-15-7-5-4-6-8-15/h4-11H,12-14H2,1-3H3,(H2,21,22,24,25). The summed E-state index contributed by atoms with van der Waals surface area (Å²) in [6, 6.07) is 14.5. The second-order valence-electron chi connectivity index (χ2n) is 6.07. The van der Waals surface area contributed by atoms with Gasteiger partial charge in [-0.2, -0.15) is 0 Å². The maximum Gasteiger partial charge on any atom is 0.321 e. The second kappa shape index (κ2) is 10.2. The minimum Gasteiger partial charge on any atom is -0.497 e. The van der Waals surface area contributed by atoms with E-state index in [9.17, 15) is 9.59 Å². The van der Waals surface area contributed by atoms with Crippen molar-refractivity contribution in [2.75, 3.05) is 27.8 Å². The van der Waals surface area contributed by atoms with Crippen LogP contribution in [0.4, 0.5) is 4.79 Å². The first-order chi connectivity index (χ1) is 13.0. The van der Waals surface area contributed by atoms with Gasteiger partial charge in [0.05, 0.1) is 20.8 Å². The molecule has 0 saturated heterocycles. The van der Waals surface area contributed by atoms with Crippen molar-refractivity contribution in [1.29, 1.82) is 0 Å². The highest BCUT2D eigenvalue weighted by molar-refractivity contribution is 5.95. The largest absolute Gasteiger partial charge is 0.497 e. The molecule has 27 heavy (non-hydrogen) atoms. The van der Waals surface area contributed by atoms with Crippen molar-refractivity contribution in [3.05, 3.63) is 59.7 Å². The van der Waals surface area contributed by atoms with E-state index in [0.29, 0.717) is 24.6 Å². The lowest BCUT2D eigenvalue weighted by Gasteiger charge is -2.18. The smallest absolute Gasteiger partial charge is 0.321 e. The number of benzene rings is 2. The quantitative estimate of drug-likeness (QED) is 0.743. The highest BCUT2D eigenvalue weighted by atomic mass is 16.5. The molecule has 2 aromatic carbocycles. The number of methoxy groups -OCH3 is 2. The number of carbonyl (C=O) groups excluding carboxylic acids is 2. The van der Waals surface area contributed by atoms with Crippen LogP contribution < -0.4 is 20.1 Å². The van der Waals surface area contributed by atoms with Crippen molar-refractivity contribution in [1.82, 2.24) is 15.5 Å². The molecule has 3 amide bonds. The molecule has 0 radical (unpaired) electrons. The van der Waals surface area contributed by atoms with Crippen LogP contribution in [0.25, 0.3) is 0 Å². The van der Waals surface area contributed by atoms with E-state index >= 15 is 0 Å². The highest BCUT2D eigenvalue weighted by Crippen LogP contribution is 2.25. The summed E-state index contributed by atoms with van der Waals surface area (Å²) in [7, 11) is 4.97. The van der Waals surface area contributed by atoms with Crippen LogP contribution in [0.1, 0.15) is 11.1 Å². The predicted octanol–water partition coefficient (Wildman–Crippen LogP) is 2.16. The van der Waals surface area contributed by atoms with Crippen LogP contribution in [0.3, 0.4) is 0 Å².